The molecule has 0 bridgehead atoms. The summed E-state index contributed by atoms with van der Waals surface area (Å²) in [6.07, 6.45) is 8.04. The first-order chi connectivity index (χ1) is 19.4. The molecule has 8 nitrogen and oxygen atoms in total. The lowest BCUT2D eigenvalue weighted by Crippen LogP contribution is -2.50. The maximum atomic E-state index is 13.5. The van der Waals surface area contributed by atoms with Crippen LogP contribution in [0.25, 0.3) is 22.6 Å². The summed E-state index contributed by atoms with van der Waals surface area (Å²) >= 11 is 12.8. The maximum absolute atomic E-state index is 13.5. The summed E-state index contributed by atoms with van der Waals surface area (Å²) in [6.45, 7) is 1.78. The minimum atomic E-state index is -1.02. The number of benzene rings is 2. The molecule has 40 heavy (non-hydrogen) atoms. The molecular weight excluding hydrogens is 559 g/mol. The van der Waals surface area contributed by atoms with E-state index in [9.17, 15) is 13.6 Å². The summed E-state index contributed by atoms with van der Waals surface area (Å²) in [7, 11) is 0. The monoisotopic (exact) mass is 581 g/mol. The lowest BCUT2D eigenvalue weighted by molar-refractivity contribution is 0.208. The van der Waals surface area contributed by atoms with Crippen LogP contribution in [-0.2, 0) is 0 Å². The Morgan fingerprint density at radius 3 is 2.52 bits per heavy atom. The average Bonchev–Trinajstić information content (AvgIpc) is 3.35. The molecule has 4 aromatic rings. The van der Waals surface area contributed by atoms with Crippen molar-refractivity contribution in [1.82, 2.24) is 24.4 Å². The Morgan fingerprint density at radius 2 is 1.80 bits per heavy atom. The highest BCUT2D eigenvalue weighted by Crippen LogP contribution is 2.37. The fourth-order valence-corrected chi connectivity index (χ4v) is 5.33. The predicted molar refractivity (Wildman–Crippen MR) is 152 cm³/mol. The first-order valence-electron chi connectivity index (χ1n) is 12.7. The van der Waals surface area contributed by atoms with Gasteiger partial charge in [-0.1, -0.05) is 47.5 Å². The van der Waals surface area contributed by atoms with Crippen molar-refractivity contribution in [3.63, 3.8) is 0 Å². The van der Waals surface area contributed by atoms with Crippen LogP contribution in [0.4, 0.5) is 25.1 Å². The number of nitrogens with one attached hydrogen (secondary N) is 1. The molecule has 2 aromatic heterocycles. The third-order valence-corrected chi connectivity index (χ3v) is 7.58. The number of urea groups is 1. The van der Waals surface area contributed by atoms with Gasteiger partial charge in [-0.25, -0.2) is 28.5 Å². The summed E-state index contributed by atoms with van der Waals surface area (Å²) in [4.78, 5) is 30.6. The van der Waals surface area contributed by atoms with Gasteiger partial charge in [-0.3, -0.25) is 0 Å². The molecule has 1 aliphatic heterocycles. The first kappa shape index (κ1) is 26.2. The zero-order chi connectivity index (χ0) is 27.8. The summed E-state index contributed by atoms with van der Waals surface area (Å²) in [5, 5.41) is 3.88. The van der Waals surface area contributed by atoms with E-state index in [1.165, 1.54) is 12.4 Å². The lowest BCUT2D eigenvalue weighted by atomic mass is 10.1. The van der Waals surface area contributed by atoms with Gasteiger partial charge in [-0.2, -0.15) is 0 Å². The molecule has 1 N–H and O–H groups in total. The second-order valence-corrected chi connectivity index (χ2v) is 10.3. The van der Waals surface area contributed by atoms with E-state index in [0.29, 0.717) is 65.5 Å². The lowest BCUT2D eigenvalue weighted by Gasteiger charge is -2.35. The molecule has 1 saturated heterocycles. The van der Waals surface area contributed by atoms with Crippen LogP contribution in [0, 0.1) is 11.6 Å². The van der Waals surface area contributed by atoms with Crippen LogP contribution in [0.15, 0.2) is 72.1 Å². The van der Waals surface area contributed by atoms with E-state index in [1.807, 2.05) is 42.5 Å². The number of piperazine rings is 1. The molecule has 0 radical (unpaired) electrons. The number of amides is 2. The number of aromatic nitrogens is 4. The molecule has 2 aromatic carbocycles. The Hall–Kier alpha value is -4.02. The standard InChI is InChI=1S/C28H23Cl2F2N7O/c29-17-5-8-19(9-6-17)39-25(20-3-1-2-4-21(20)30)36-24-26(33-16-34-27(24)39)37-11-13-38(14-12-37)28(40)35-18-7-10-22(31)23(32)15-18/h1-8,10,15-16,19H,9,11-14H2,(H,35,40). The fraction of sp³-hybridized carbons (Fsp3) is 0.214. The number of nitrogens with zero attached hydrogens (tertiary/aromatic N) is 6. The van der Waals surface area contributed by atoms with Crippen LogP contribution in [0.2, 0.25) is 5.02 Å². The largest absolute Gasteiger partial charge is 0.351 e. The molecule has 1 unspecified atom stereocenters. The second kappa shape index (κ2) is 10.9. The number of hydrogen-bond donors (Lipinski definition) is 1. The van der Waals surface area contributed by atoms with Crippen LogP contribution >= 0.6 is 23.2 Å². The number of allylic oxidation sites excluding steroid dienone is 4. The molecule has 1 fully saturated rings. The molecule has 3 heterocycles. The molecule has 2 aliphatic rings. The van der Waals surface area contributed by atoms with Crippen LogP contribution < -0.4 is 10.2 Å². The van der Waals surface area contributed by atoms with E-state index in [4.69, 9.17) is 28.2 Å². The first-order valence-corrected chi connectivity index (χ1v) is 13.4. The number of hydrogen-bond acceptors (Lipinski definition) is 5. The number of halogens is 4. The van der Waals surface area contributed by atoms with Crippen LogP contribution in [0.5, 0.6) is 0 Å². The predicted octanol–water partition coefficient (Wildman–Crippen LogP) is 6.40. The van der Waals surface area contributed by atoms with Gasteiger partial charge in [0.2, 0.25) is 0 Å². The molecule has 204 valence electrons. The quantitative estimate of drug-likeness (QED) is 0.301. The van der Waals surface area contributed by atoms with Crippen molar-refractivity contribution in [3.05, 3.63) is 88.7 Å². The molecule has 0 saturated carbocycles. The number of fused-ring (bicyclic) bond motifs is 1. The zero-order valence-corrected chi connectivity index (χ0v) is 22.6. The highest BCUT2D eigenvalue weighted by atomic mass is 35.5. The van der Waals surface area contributed by atoms with Gasteiger partial charge >= 0.3 is 6.03 Å². The number of imidazole rings is 1. The van der Waals surface area contributed by atoms with Crippen LogP contribution in [-0.4, -0.2) is 56.6 Å². The fourth-order valence-electron chi connectivity index (χ4n) is 4.95. The Bertz CT molecular complexity index is 1660. The van der Waals surface area contributed by atoms with Gasteiger partial charge in [0, 0.05) is 48.5 Å². The SMILES string of the molecule is O=C(Nc1ccc(F)c(F)c1)N1CCN(c2ncnc3c2nc(-c2ccccc2Cl)n3C2C=CC(Cl)=CC2)CC1. The Balaban J connectivity index is 1.28. The van der Waals surface area contributed by atoms with Gasteiger partial charge in [-0.15, -0.1) is 0 Å². The van der Waals surface area contributed by atoms with Gasteiger partial charge in [0.1, 0.15) is 12.2 Å². The highest BCUT2D eigenvalue weighted by molar-refractivity contribution is 6.33. The topological polar surface area (TPSA) is 79.2 Å². The van der Waals surface area contributed by atoms with Gasteiger partial charge in [0.15, 0.2) is 28.6 Å². The Labute approximate surface area is 238 Å². The van der Waals surface area contributed by atoms with E-state index >= 15 is 0 Å². The molecule has 1 aliphatic carbocycles. The van der Waals surface area contributed by atoms with E-state index < -0.39 is 11.6 Å². The van der Waals surface area contributed by atoms with E-state index in [-0.39, 0.29) is 17.8 Å². The van der Waals surface area contributed by atoms with Crippen molar-refractivity contribution in [2.75, 3.05) is 36.4 Å². The number of carbonyl (C=O) groups is 1. The number of anilines is 2. The minimum Gasteiger partial charge on any atom is -0.351 e. The molecule has 0 spiro atoms. The van der Waals surface area contributed by atoms with Crippen LogP contribution in [0.1, 0.15) is 12.5 Å². The Kier molecular flexibility index (Phi) is 7.12. The van der Waals surface area contributed by atoms with Crippen molar-refractivity contribution in [2.45, 2.75) is 12.5 Å². The van der Waals surface area contributed by atoms with Gasteiger partial charge in [-0.05, 0) is 36.8 Å². The van der Waals surface area contributed by atoms with Crippen molar-refractivity contribution in [3.8, 4) is 11.4 Å². The number of rotatable bonds is 4. The van der Waals surface area contributed by atoms with E-state index in [2.05, 4.69) is 24.8 Å². The molecule has 2 amide bonds. The summed E-state index contributed by atoms with van der Waals surface area (Å²) in [6, 6.07) is 10.3. The minimum absolute atomic E-state index is 0.0710. The van der Waals surface area contributed by atoms with E-state index in [0.717, 1.165) is 17.7 Å². The molecule has 12 heteroatoms. The van der Waals surface area contributed by atoms with E-state index in [1.54, 1.807) is 4.90 Å². The maximum Gasteiger partial charge on any atom is 0.321 e. The summed E-state index contributed by atoms with van der Waals surface area (Å²) in [5.74, 6) is -0.657. The smallest absolute Gasteiger partial charge is 0.321 e. The highest BCUT2D eigenvalue weighted by Gasteiger charge is 2.28. The summed E-state index contributed by atoms with van der Waals surface area (Å²) < 4.78 is 28.8. The number of carbonyl (C=O) groups excluding carboxylic acids is 1. The van der Waals surface area contributed by atoms with Crippen molar-refractivity contribution in [2.24, 2.45) is 0 Å². The summed E-state index contributed by atoms with van der Waals surface area (Å²) in [5.41, 5.74) is 2.26. The normalized spacial score (nSPS) is 17.3. The average molecular weight is 582 g/mol. The third-order valence-electron chi connectivity index (χ3n) is 6.97. The van der Waals surface area contributed by atoms with Gasteiger partial charge in [0.05, 0.1) is 11.1 Å². The molecule has 6 rings (SSSR count). The molecular formula is C28H23Cl2F2N7O. The zero-order valence-electron chi connectivity index (χ0n) is 21.1. The van der Waals surface area contributed by atoms with Crippen molar-refractivity contribution in [1.29, 1.82) is 0 Å². The second-order valence-electron chi connectivity index (χ2n) is 9.44. The van der Waals surface area contributed by atoms with Crippen LogP contribution in [0.3, 0.4) is 0 Å². The van der Waals surface area contributed by atoms with Gasteiger partial charge in [0.25, 0.3) is 0 Å². The van der Waals surface area contributed by atoms with Crippen molar-refractivity contribution >= 4 is 51.9 Å². The Morgan fingerprint density at radius 1 is 1.00 bits per heavy atom. The van der Waals surface area contributed by atoms with Crippen molar-refractivity contribution < 1.29 is 13.6 Å². The molecule has 1 atom stereocenters. The third kappa shape index (κ3) is 5.00. The van der Waals surface area contributed by atoms with Gasteiger partial charge < -0.3 is 19.7 Å².